The van der Waals surface area contributed by atoms with E-state index in [4.69, 9.17) is 5.11 Å². The van der Waals surface area contributed by atoms with E-state index in [0.29, 0.717) is 0 Å². The number of aliphatic hydroxyl groups excluding tert-OH is 1. The Morgan fingerprint density at radius 3 is 1.50 bits per heavy atom. The topological polar surface area (TPSA) is 20.2 Å². The third-order valence-corrected chi connectivity index (χ3v) is 0. The minimum atomic E-state index is 0. The van der Waals surface area contributed by atoms with Crippen LogP contribution in [0.4, 0.5) is 0 Å². The van der Waals surface area contributed by atoms with Crippen LogP contribution in [0.3, 0.4) is 0 Å². The van der Waals surface area contributed by atoms with Crippen molar-refractivity contribution in [1.29, 1.82) is 0 Å². The van der Waals surface area contributed by atoms with Crippen LogP contribution in [0.15, 0.2) is 12.7 Å². The van der Waals surface area contributed by atoms with Crippen molar-refractivity contribution in [2.75, 3.05) is 0 Å². The fraction of sp³-hybridized carbons (Fsp3) is 0. The third-order valence-electron chi connectivity index (χ3n) is 0. The average Bonchev–Trinajstić information content (AvgIpc) is 1.46. The first kappa shape index (κ1) is 15.9. The zero-order chi connectivity index (χ0) is 4.71. The number of aliphatic hydroxyl groups is 1. The summed E-state index contributed by atoms with van der Waals surface area (Å²) in [5, 5.41) is 6.75. The van der Waals surface area contributed by atoms with Crippen molar-refractivity contribution in [3.63, 3.8) is 0 Å². The summed E-state index contributed by atoms with van der Waals surface area (Å²) in [6.45, 7) is 6.50. The Labute approximate surface area is 64.3 Å². The molecule has 0 aromatic carbocycles. The Morgan fingerprint density at radius 2 is 1.50 bits per heavy atom. The maximum atomic E-state index is 6.75. The maximum absolute atomic E-state index is 6.75. The predicted molar refractivity (Wildman–Crippen MR) is 22.8 cm³/mol. The fourth-order valence-corrected chi connectivity index (χ4v) is 0. The third kappa shape index (κ3) is 139. The van der Waals surface area contributed by atoms with Crippen molar-refractivity contribution in [3.05, 3.63) is 26.7 Å². The maximum Gasteiger partial charge on any atom is 0 e. The summed E-state index contributed by atoms with van der Waals surface area (Å²) in [5.41, 5.74) is 0. The van der Waals surface area contributed by atoms with E-state index < -0.39 is 0 Å². The van der Waals surface area contributed by atoms with Crippen molar-refractivity contribution in [3.8, 4) is 0 Å². The van der Waals surface area contributed by atoms with Crippen LogP contribution in [0, 0.1) is 14.0 Å². The molecule has 6 heavy (non-hydrogen) atoms. The van der Waals surface area contributed by atoms with Gasteiger partial charge in [-0.2, -0.15) is 0 Å². The summed E-state index contributed by atoms with van der Waals surface area (Å²) in [6, 6.07) is 0. The molecule has 0 aromatic heterocycles. The van der Waals surface area contributed by atoms with Crippen molar-refractivity contribution in [1.82, 2.24) is 0 Å². The van der Waals surface area contributed by atoms with Crippen molar-refractivity contribution in [2.45, 2.75) is 0 Å². The minimum absolute atomic E-state index is 0. The quantitative estimate of drug-likeness (QED) is 0.528. The van der Waals surface area contributed by atoms with E-state index >= 15 is 0 Å². The molecule has 35 valence electrons. The fourth-order valence-electron chi connectivity index (χ4n) is 0. The molecule has 0 aliphatic heterocycles. The Kier molecular flexibility index (Phi) is 117. The Morgan fingerprint density at radius 1 is 1.50 bits per heavy atom. The Bertz CT molecular complexity index is 15.0. The normalized spacial score (nSPS) is 3.00. The average molecular weight is 161 g/mol. The minimum Gasteiger partial charge on any atom is -0.569 e. The summed E-state index contributed by atoms with van der Waals surface area (Å²) < 4.78 is 0. The van der Waals surface area contributed by atoms with Gasteiger partial charge in [0, 0.05) is 32.7 Å². The van der Waals surface area contributed by atoms with Gasteiger partial charge in [0.05, 0.1) is 0 Å². The molecule has 0 saturated heterocycles. The van der Waals surface area contributed by atoms with Gasteiger partial charge in [-0.1, -0.05) is 0 Å². The largest absolute Gasteiger partial charge is 0.569 e. The second-order valence-electron chi connectivity index (χ2n) is 0.289. The molecule has 0 saturated carbocycles. The standard InChI is InChI=1S/C3H5.CH3O.Y/c1-3-2;1-2;/h3H,1-2H2;2H,1H2;/q2*-1;. The Balaban J connectivity index is -0.0000000275. The van der Waals surface area contributed by atoms with E-state index in [1.165, 1.54) is 6.08 Å². The molecule has 0 aromatic rings. The van der Waals surface area contributed by atoms with Gasteiger partial charge in [-0.15, -0.1) is 0 Å². The molecule has 0 fully saturated rings. The second kappa shape index (κ2) is 44.2. The van der Waals surface area contributed by atoms with Crippen molar-refractivity contribution in [2.24, 2.45) is 0 Å². The second-order valence-corrected chi connectivity index (χ2v) is 0.289. The van der Waals surface area contributed by atoms with E-state index in [-0.39, 0.29) is 32.7 Å². The molecular formula is C4H8OY-2. The molecule has 1 nitrogen and oxygen atoms in total. The van der Waals surface area contributed by atoms with Gasteiger partial charge in [0.1, 0.15) is 0 Å². The van der Waals surface area contributed by atoms with Gasteiger partial charge in [-0.25, -0.2) is 26.7 Å². The van der Waals surface area contributed by atoms with Gasteiger partial charge in [-0.3, -0.25) is 0 Å². The van der Waals surface area contributed by atoms with Gasteiger partial charge < -0.3 is 5.11 Å². The van der Waals surface area contributed by atoms with Gasteiger partial charge in [0.2, 0.25) is 0 Å². The molecule has 0 unspecified atom stereocenters. The van der Waals surface area contributed by atoms with Crippen LogP contribution in [0.2, 0.25) is 0 Å². The van der Waals surface area contributed by atoms with E-state index in [2.05, 4.69) is 20.6 Å². The van der Waals surface area contributed by atoms with Crippen LogP contribution in [0.5, 0.6) is 0 Å². The smallest absolute Gasteiger partial charge is 0 e. The summed E-state index contributed by atoms with van der Waals surface area (Å²) >= 11 is 0. The number of hydrogen-bond donors (Lipinski definition) is 1. The first-order valence-electron chi connectivity index (χ1n) is 1.13. The zero-order valence-corrected chi connectivity index (χ0v) is 6.56. The molecular weight excluding hydrogens is 153 g/mol. The van der Waals surface area contributed by atoms with Gasteiger partial charge in [-0.05, 0) is 0 Å². The van der Waals surface area contributed by atoms with Crippen LogP contribution in [0.25, 0.3) is 0 Å². The molecule has 0 aliphatic carbocycles. The first-order chi connectivity index (χ1) is 2.41. The summed E-state index contributed by atoms with van der Waals surface area (Å²) in [7, 11) is 2.25. The van der Waals surface area contributed by atoms with Crippen molar-refractivity contribution < 1.29 is 37.8 Å². The molecule has 1 radical (unpaired) electrons. The number of rotatable bonds is 0. The van der Waals surface area contributed by atoms with Crippen LogP contribution >= 0.6 is 0 Å². The van der Waals surface area contributed by atoms with E-state index in [0.717, 1.165) is 0 Å². The monoisotopic (exact) mass is 161 g/mol. The van der Waals surface area contributed by atoms with Crippen LogP contribution in [-0.2, 0) is 32.7 Å². The van der Waals surface area contributed by atoms with Gasteiger partial charge in [0.15, 0.2) is 0 Å². The van der Waals surface area contributed by atoms with Crippen LogP contribution in [-0.4, -0.2) is 5.11 Å². The molecule has 0 rings (SSSR count). The molecule has 0 amide bonds. The first-order valence-corrected chi connectivity index (χ1v) is 1.13. The summed E-state index contributed by atoms with van der Waals surface area (Å²) in [6.07, 6.45) is 1.50. The molecule has 0 heterocycles. The Hall–Kier alpha value is 0.674. The van der Waals surface area contributed by atoms with Gasteiger partial charge >= 0.3 is 0 Å². The van der Waals surface area contributed by atoms with E-state index in [1.807, 2.05) is 0 Å². The molecule has 1 N–H and O–H groups in total. The molecule has 2 heteroatoms. The van der Waals surface area contributed by atoms with E-state index in [1.54, 1.807) is 0 Å². The predicted octanol–water partition coefficient (Wildman–Crippen LogP) is 1.15. The molecule has 0 aliphatic rings. The molecule has 0 atom stereocenters. The van der Waals surface area contributed by atoms with Gasteiger partial charge in [0.25, 0.3) is 0 Å². The molecule has 0 spiro atoms. The zero-order valence-electron chi connectivity index (χ0n) is 3.72. The number of allylic oxidation sites excluding steroid dienone is 1. The van der Waals surface area contributed by atoms with Crippen LogP contribution in [0.1, 0.15) is 0 Å². The van der Waals surface area contributed by atoms with Crippen molar-refractivity contribution >= 4 is 0 Å². The van der Waals surface area contributed by atoms with E-state index in [9.17, 15) is 0 Å². The summed E-state index contributed by atoms with van der Waals surface area (Å²) in [4.78, 5) is 0. The van der Waals surface area contributed by atoms with Crippen LogP contribution < -0.4 is 0 Å². The molecule has 0 bridgehead atoms. The number of hydrogen-bond acceptors (Lipinski definition) is 1. The summed E-state index contributed by atoms with van der Waals surface area (Å²) in [5.74, 6) is 0. The SMILES string of the molecule is C=C[CH2-].[CH2-]O.[Y].